The molecule has 0 atom stereocenters. The van der Waals surface area contributed by atoms with E-state index < -0.39 is 0 Å². The van der Waals surface area contributed by atoms with E-state index in [9.17, 15) is 0 Å². The molecule has 0 bridgehead atoms. The Morgan fingerprint density at radius 3 is 2.57 bits per heavy atom. The first-order valence-electron chi connectivity index (χ1n) is 7.04. The monoisotopic (exact) mass is 305 g/mol. The number of unbranched alkanes of at least 4 members (excludes halogenated alkanes) is 1. The molecule has 0 radical (unpaired) electrons. The van der Waals surface area contributed by atoms with Crippen molar-refractivity contribution in [1.29, 1.82) is 0 Å². The van der Waals surface area contributed by atoms with Gasteiger partial charge in [0.2, 0.25) is 0 Å². The van der Waals surface area contributed by atoms with Crippen LogP contribution in [0, 0.1) is 0 Å². The second kappa shape index (κ2) is 7.69. The highest BCUT2D eigenvalue weighted by atomic mass is 35.5. The van der Waals surface area contributed by atoms with Gasteiger partial charge in [-0.15, -0.1) is 0 Å². The molecule has 1 aromatic carbocycles. The maximum absolute atomic E-state index is 6.13. The van der Waals surface area contributed by atoms with E-state index in [4.69, 9.17) is 17.3 Å². The van der Waals surface area contributed by atoms with Crippen LogP contribution in [0.2, 0.25) is 5.02 Å². The van der Waals surface area contributed by atoms with Crippen LogP contribution in [0.5, 0.6) is 0 Å². The fourth-order valence-electron chi connectivity index (χ4n) is 1.88. The fraction of sp³-hybridized carbons (Fsp3) is 0.333. The molecule has 5 nitrogen and oxygen atoms in total. The van der Waals surface area contributed by atoms with Crippen LogP contribution in [-0.4, -0.2) is 16.5 Å². The number of nitrogens with zero attached hydrogens (tertiary/aromatic N) is 2. The maximum Gasteiger partial charge on any atom is 0.155 e. The van der Waals surface area contributed by atoms with Gasteiger partial charge in [0.25, 0.3) is 0 Å². The zero-order valence-corrected chi connectivity index (χ0v) is 12.8. The van der Waals surface area contributed by atoms with Gasteiger partial charge in [-0.3, -0.25) is 0 Å². The molecular weight excluding hydrogens is 286 g/mol. The van der Waals surface area contributed by atoms with E-state index in [0.29, 0.717) is 23.9 Å². The van der Waals surface area contributed by atoms with Crippen molar-refractivity contribution in [2.45, 2.75) is 26.3 Å². The average molecular weight is 306 g/mol. The van der Waals surface area contributed by atoms with E-state index in [-0.39, 0.29) is 0 Å². The van der Waals surface area contributed by atoms with Crippen LogP contribution in [-0.2, 0) is 6.54 Å². The summed E-state index contributed by atoms with van der Waals surface area (Å²) in [6.07, 6.45) is 3.70. The third-order valence-corrected chi connectivity index (χ3v) is 3.48. The third kappa shape index (κ3) is 4.23. The van der Waals surface area contributed by atoms with Crippen molar-refractivity contribution in [2.75, 3.05) is 22.9 Å². The number of anilines is 3. The lowest BCUT2D eigenvalue weighted by atomic mass is 10.2. The minimum absolute atomic E-state index is 0.528. The van der Waals surface area contributed by atoms with Gasteiger partial charge < -0.3 is 16.4 Å². The zero-order valence-electron chi connectivity index (χ0n) is 12.1. The first kappa shape index (κ1) is 15.4. The number of nitrogen functional groups attached to an aromatic ring is 1. The lowest BCUT2D eigenvalue weighted by Gasteiger charge is -2.12. The van der Waals surface area contributed by atoms with Gasteiger partial charge in [0.05, 0.1) is 0 Å². The van der Waals surface area contributed by atoms with Crippen LogP contribution >= 0.6 is 11.6 Å². The first-order chi connectivity index (χ1) is 10.2. The molecule has 0 spiro atoms. The van der Waals surface area contributed by atoms with Gasteiger partial charge in [-0.05, 0) is 18.1 Å². The van der Waals surface area contributed by atoms with Crippen LogP contribution in [0.15, 0.2) is 30.6 Å². The Hall–Kier alpha value is -2.01. The maximum atomic E-state index is 6.13. The molecule has 2 aromatic rings. The minimum atomic E-state index is 0.528. The van der Waals surface area contributed by atoms with E-state index >= 15 is 0 Å². The first-order valence-corrected chi connectivity index (χ1v) is 7.41. The van der Waals surface area contributed by atoms with E-state index in [2.05, 4.69) is 27.5 Å². The molecule has 0 amide bonds. The summed E-state index contributed by atoms with van der Waals surface area (Å²) in [5.41, 5.74) is 7.61. The summed E-state index contributed by atoms with van der Waals surface area (Å²) in [4.78, 5) is 8.35. The zero-order chi connectivity index (χ0) is 15.1. The highest BCUT2D eigenvalue weighted by Gasteiger charge is 2.08. The largest absolute Gasteiger partial charge is 0.393 e. The van der Waals surface area contributed by atoms with Crippen LogP contribution in [0.1, 0.15) is 25.3 Å². The normalized spacial score (nSPS) is 10.4. The highest BCUT2D eigenvalue weighted by Crippen LogP contribution is 2.24. The summed E-state index contributed by atoms with van der Waals surface area (Å²) < 4.78 is 0. The smallest absolute Gasteiger partial charge is 0.155 e. The van der Waals surface area contributed by atoms with Crippen LogP contribution in [0.3, 0.4) is 0 Å². The molecule has 0 aliphatic carbocycles. The second-order valence-electron chi connectivity index (χ2n) is 4.71. The fourth-order valence-corrected chi connectivity index (χ4v) is 2.08. The van der Waals surface area contributed by atoms with Crippen molar-refractivity contribution >= 4 is 28.9 Å². The van der Waals surface area contributed by atoms with Crippen LogP contribution in [0.25, 0.3) is 0 Å². The van der Waals surface area contributed by atoms with Gasteiger partial charge in [-0.2, -0.15) is 0 Å². The molecule has 4 N–H and O–H groups in total. The Balaban J connectivity index is 2.03. The van der Waals surface area contributed by atoms with Crippen LogP contribution in [0.4, 0.5) is 17.3 Å². The molecule has 6 heteroatoms. The predicted molar refractivity (Wildman–Crippen MR) is 88.6 cm³/mol. The number of rotatable bonds is 7. The number of halogens is 1. The van der Waals surface area contributed by atoms with Gasteiger partial charge in [-0.25, -0.2) is 9.97 Å². The van der Waals surface area contributed by atoms with Gasteiger partial charge in [-0.1, -0.05) is 43.1 Å². The van der Waals surface area contributed by atoms with Crippen molar-refractivity contribution in [2.24, 2.45) is 0 Å². The van der Waals surface area contributed by atoms with Crippen molar-refractivity contribution in [3.8, 4) is 0 Å². The molecule has 21 heavy (non-hydrogen) atoms. The van der Waals surface area contributed by atoms with Gasteiger partial charge in [0.1, 0.15) is 12.0 Å². The molecule has 2 rings (SSSR count). The standard InChI is InChI=1S/C15H20ClN5/c1-2-3-8-18-14-13(17)15(21-10-20-14)19-9-11-6-4-5-7-12(11)16/h4-7,10H,2-3,8-9,17H2,1H3,(H2,18,19,20,21). The second-order valence-corrected chi connectivity index (χ2v) is 5.12. The number of hydrogen-bond acceptors (Lipinski definition) is 5. The van der Waals surface area contributed by atoms with E-state index in [0.717, 1.165) is 30.0 Å². The number of benzene rings is 1. The van der Waals surface area contributed by atoms with E-state index in [1.807, 2.05) is 24.3 Å². The molecule has 0 unspecified atom stereocenters. The van der Waals surface area contributed by atoms with Crippen molar-refractivity contribution in [3.63, 3.8) is 0 Å². The lowest BCUT2D eigenvalue weighted by molar-refractivity contribution is 0.830. The Morgan fingerprint density at radius 1 is 1.14 bits per heavy atom. The Morgan fingerprint density at radius 2 is 1.86 bits per heavy atom. The topological polar surface area (TPSA) is 75.9 Å². The Bertz CT molecular complexity index is 588. The molecule has 1 heterocycles. The summed E-state index contributed by atoms with van der Waals surface area (Å²) in [5.74, 6) is 1.28. The minimum Gasteiger partial charge on any atom is -0.393 e. The molecule has 0 fully saturated rings. The summed E-state index contributed by atoms with van der Waals surface area (Å²) in [7, 11) is 0. The molecular formula is C15H20ClN5. The van der Waals surface area contributed by atoms with Gasteiger partial charge in [0, 0.05) is 18.1 Å². The number of aromatic nitrogens is 2. The lowest BCUT2D eigenvalue weighted by Crippen LogP contribution is -2.10. The van der Waals surface area contributed by atoms with Crippen LogP contribution < -0.4 is 16.4 Å². The van der Waals surface area contributed by atoms with Gasteiger partial charge >= 0.3 is 0 Å². The highest BCUT2D eigenvalue weighted by molar-refractivity contribution is 6.31. The van der Waals surface area contributed by atoms with Crippen molar-refractivity contribution in [1.82, 2.24) is 9.97 Å². The molecule has 0 aliphatic rings. The molecule has 0 saturated carbocycles. The van der Waals surface area contributed by atoms with Gasteiger partial charge in [0.15, 0.2) is 11.6 Å². The van der Waals surface area contributed by atoms with Crippen molar-refractivity contribution < 1.29 is 0 Å². The number of nitrogens with one attached hydrogen (secondary N) is 2. The SMILES string of the molecule is CCCCNc1ncnc(NCc2ccccc2Cl)c1N. The quantitative estimate of drug-likeness (QED) is 0.682. The van der Waals surface area contributed by atoms with E-state index in [1.54, 1.807) is 0 Å². The summed E-state index contributed by atoms with van der Waals surface area (Å²) in [5, 5.41) is 7.14. The summed E-state index contributed by atoms with van der Waals surface area (Å²) in [6, 6.07) is 7.68. The molecule has 0 saturated heterocycles. The Kier molecular flexibility index (Phi) is 5.63. The van der Waals surface area contributed by atoms with E-state index in [1.165, 1.54) is 6.33 Å². The summed E-state index contributed by atoms with van der Waals surface area (Å²) >= 11 is 6.13. The molecule has 112 valence electrons. The van der Waals surface area contributed by atoms with Crippen molar-refractivity contribution in [3.05, 3.63) is 41.2 Å². The summed E-state index contributed by atoms with van der Waals surface area (Å²) in [6.45, 7) is 3.55. The number of hydrogen-bond donors (Lipinski definition) is 3. The Labute approximate surface area is 129 Å². The predicted octanol–water partition coefficient (Wildman–Crippen LogP) is 3.54. The number of nitrogens with two attached hydrogens (primary N) is 1. The third-order valence-electron chi connectivity index (χ3n) is 3.11. The molecule has 1 aromatic heterocycles. The average Bonchev–Trinajstić information content (AvgIpc) is 2.49. The molecule has 0 aliphatic heterocycles.